The second-order valence-electron chi connectivity index (χ2n) is 10.8. The van der Waals surface area contributed by atoms with Crippen molar-refractivity contribution in [3.8, 4) is 5.75 Å². The molecule has 2 aliphatic heterocycles. The number of hydrogen-bond acceptors (Lipinski definition) is 7. The molecule has 1 aromatic heterocycles. The van der Waals surface area contributed by atoms with Crippen LogP contribution in [0, 0.1) is 24.7 Å². The van der Waals surface area contributed by atoms with Crippen LogP contribution >= 0.6 is 0 Å². The summed E-state index contributed by atoms with van der Waals surface area (Å²) in [6, 6.07) is 8.41. The fourth-order valence-electron chi connectivity index (χ4n) is 6.64. The number of aromatic nitrogens is 2. The summed E-state index contributed by atoms with van der Waals surface area (Å²) >= 11 is 0. The number of benzene rings is 1. The van der Waals surface area contributed by atoms with Crippen molar-refractivity contribution in [3.63, 3.8) is 0 Å². The normalized spacial score (nSPS) is 33.6. The summed E-state index contributed by atoms with van der Waals surface area (Å²) in [5.74, 6) is 4.44. The quantitative estimate of drug-likeness (QED) is 0.540. The molecule has 4 unspecified atom stereocenters. The van der Waals surface area contributed by atoms with Gasteiger partial charge in [0.25, 0.3) is 0 Å². The number of amides is 1. The van der Waals surface area contributed by atoms with Crippen LogP contribution in [0.25, 0.3) is 0 Å². The van der Waals surface area contributed by atoms with Crippen LogP contribution in [0.3, 0.4) is 0 Å². The highest BCUT2D eigenvalue weighted by atomic mass is 16.5. The summed E-state index contributed by atoms with van der Waals surface area (Å²) in [5, 5.41) is 6.74. The summed E-state index contributed by atoms with van der Waals surface area (Å²) in [7, 11) is 1.68. The van der Waals surface area contributed by atoms with Gasteiger partial charge in [-0.25, -0.2) is 15.4 Å². The standard InChI is InChI=1S/C26H34N6O2/c1-13(2)21-11-23(28-14(3)27-21)30-24-17-7-5-15(9-22(17)31-32-24)19-12-26(19)18-10-16(34-4)6-8-20(18)29-25(26)33/h6,8,10-11,13,15,17,19,22,24,31-32H,5,7,9,12H2,1-4H3,(H,29,33)(H,27,28,30)/t15?,17?,19-,22?,24?,26-/m0/s1. The van der Waals surface area contributed by atoms with Crippen molar-refractivity contribution in [2.45, 2.75) is 70.0 Å². The van der Waals surface area contributed by atoms with E-state index in [-0.39, 0.29) is 17.5 Å². The van der Waals surface area contributed by atoms with Gasteiger partial charge in [0.2, 0.25) is 5.91 Å². The van der Waals surface area contributed by atoms with Crippen LogP contribution in [0.2, 0.25) is 0 Å². The van der Waals surface area contributed by atoms with Crippen LogP contribution in [0.5, 0.6) is 5.75 Å². The predicted octanol–water partition coefficient (Wildman–Crippen LogP) is 3.46. The molecule has 2 aromatic rings. The van der Waals surface area contributed by atoms with Gasteiger partial charge in [-0.15, -0.1) is 0 Å². The van der Waals surface area contributed by atoms with E-state index in [1.54, 1.807) is 7.11 Å². The predicted molar refractivity (Wildman–Crippen MR) is 131 cm³/mol. The summed E-state index contributed by atoms with van der Waals surface area (Å²) in [6.07, 6.45) is 4.41. The number of carbonyl (C=O) groups is 1. The van der Waals surface area contributed by atoms with Gasteiger partial charge in [-0.3, -0.25) is 10.2 Å². The lowest BCUT2D eigenvalue weighted by Gasteiger charge is -2.34. The van der Waals surface area contributed by atoms with Crippen LogP contribution in [-0.4, -0.2) is 35.2 Å². The topological polar surface area (TPSA) is 100 Å². The average Bonchev–Trinajstić information content (AvgIpc) is 3.37. The van der Waals surface area contributed by atoms with E-state index >= 15 is 0 Å². The second kappa shape index (κ2) is 7.92. The van der Waals surface area contributed by atoms with Crippen molar-refractivity contribution in [1.29, 1.82) is 0 Å². The van der Waals surface area contributed by atoms with E-state index in [9.17, 15) is 4.79 Å². The first kappa shape index (κ1) is 21.8. The van der Waals surface area contributed by atoms with Crippen LogP contribution in [-0.2, 0) is 10.2 Å². The number of carbonyl (C=O) groups excluding carboxylic acids is 1. The molecule has 0 radical (unpaired) electrons. The maximum atomic E-state index is 13.1. The van der Waals surface area contributed by atoms with Crippen molar-refractivity contribution < 1.29 is 9.53 Å². The van der Waals surface area contributed by atoms with Gasteiger partial charge in [0, 0.05) is 29.4 Å². The van der Waals surface area contributed by atoms with Gasteiger partial charge in [0.1, 0.15) is 17.4 Å². The molecule has 6 rings (SSSR count). The van der Waals surface area contributed by atoms with E-state index in [4.69, 9.17) is 4.74 Å². The monoisotopic (exact) mass is 462 g/mol. The third-order valence-electron chi connectivity index (χ3n) is 8.49. The molecule has 2 saturated carbocycles. The molecule has 2 aliphatic carbocycles. The first-order valence-electron chi connectivity index (χ1n) is 12.5. The first-order valence-corrected chi connectivity index (χ1v) is 12.5. The second-order valence-corrected chi connectivity index (χ2v) is 10.8. The zero-order valence-electron chi connectivity index (χ0n) is 20.3. The molecule has 34 heavy (non-hydrogen) atoms. The summed E-state index contributed by atoms with van der Waals surface area (Å²) in [6.45, 7) is 6.26. The van der Waals surface area contributed by atoms with E-state index in [2.05, 4.69) is 57.4 Å². The van der Waals surface area contributed by atoms with E-state index < -0.39 is 0 Å². The molecule has 180 valence electrons. The number of hydrogen-bond donors (Lipinski definition) is 4. The lowest BCUT2D eigenvalue weighted by atomic mass is 9.74. The molecule has 1 amide bonds. The lowest BCUT2D eigenvalue weighted by molar-refractivity contribution is -0.118. The van der Waals surface area contributed by atoms with Crippen LogP contribution in [0.4, 0.5) is 11.5 Å². The highest BCUT2D eigenvalue weighted by Gasteiger charge is 2.67. The van der Waals surface area contributed by atoms with Crippen molar-refractivity contribution >= 4 is 17.4 Å². The Balaban J connectivity index is 1.15. The van der Waals surface area contributed by atoms with Gasteiger partial charge in [-0.2, -0.15) is 0 Å². The van der Waals surface area contributed by atoms with E-state index in [0.29, 0.717) is 29.7 Å². The van der Waals surface area contributed by atoms with Gasteiger partial charge in [0.05, 0.1) is 18.7 Å². The highest BCUT2D eigenvalue weighted by molar-refractivity contribution is 6.09. The average molecular weight is 463 g/mol. The Morgan fingerprint density at radius 3 is 2.82 bits per heavy atom. The van der Waals surface area contributed by atoms with Gasteiger partial charge in [0.15, 0.2) is 0 Å². The molecule has 1 saturated heterocycles. The SMILES string of the molecule is COc1ccc2c(c1)[C@]1(C[C@H]1C1CCC3C(C1)NNC3Nc1cc(C(C)C)nc(C)n1)C(=O)N2. The maximum Gasteiger partial charge on any atom is 0.235 e. The molecular weight excluding hydrogens is 428 g/mol. The van der Waals surface area contributed by atoms with E-state index in [0.717, 1.165) is 60.0 Å². The fourth-order valence-corrected chi connectivity index (χ4v) is 6.64. The van der Waals surface area contributed by atoms with Crippen molar-refractivity contribution in [2.24, 2.45) is 17.8 Å². The van der Waals surface area contributed by atoms with Crippen molar-refractivity contribution in [1.82, 2.24) is 20.8 Å². The Kier molecular flexibility index (Phi) is 5.08. The molecule has 0 bridgehead atoms. The van der Waals surface area contributed by atoms with Crippen LogP contribution in [0.15, 0.2) is 24.3 Å². The Hall–Kier alpha value is -2.71. The van der Waals surface area contributed by atoms with E-state index in [1.165, 1.54) is 0 Å². The minimum Gasteiger partial charge on any atom is -0.497 e. The number of methoxy groups -OCH3 is 1. The molecule has 3 fully saturated rings. The minimum absolute atomic E-state index is 0.133. The number of anilines is 2. The summed E-state index contributed by atoms with van der Waals surface area (Å²) in [5.41, 5.74) is 9.80. The van der Waals surface area contributed by atoms with Gasteiger partial charge in [-0.05, 0) is 74.1 Å². The fraction of sp³-hybridized carbons (Fsp3) is 0.577. The number of nitrogens with zero attached hydrogens (tertiary/aromatic N) is 2. The number of ether oxygens (including phenoxy) is 1. The Bertz CT molecular complexity index is 1140. The Morgan fingerprint density at radius 1 is 1.18 bits per heavy atom. The van der Waals surface area contributed by atoms with Crippen LogP contribution in [0.1, 0.15) is 62.5 Å². The molecule has 6 atom stereocenters. The molecule has 4 aliphatic rings. The molecule has 8 nitrogen and oxygen atoms in total. The van der Waals surface area contributed by atoms with E-state index in [1.807, 2.05) is 19.1 Å². The molecule has 1 spiro atoms. The summed E-state index contributed by atoms with van der Waals surface area (Å²) in [4.78, 5) is 22.2. The smallest absolute Gasteiger partial charge is 0.235 e. The third kappa shape index (κ3) is 3.38. The number of nitrogens with one attached hydrogen (secondary N) is 4. The maximum absolute atomic E-state index is 13.1. The van der Waals surface area contributed by atoms with Crippen molar-refractivity contribution in [3.05, 3.63) is 41.3 Å². The zero-order valence-corrected chi connectivity index (χ0v) is 20.3. The third-order valence-corrected chi connectivity index (χ3v) is 8.49. The number of rotatable bonds is 5. The van der Waals surface area contributed by atoms with Gasteiger partial charge < -0.3 is 15.4 Å². The zero-order chi connectivity index (χ0) is 23.6. The van der Waals surface area contributed by atoms with Gasteiger partial charge >= 0.3 is 0 Å². The molecule has 3 heterocycles. The number of hydrazine groups is 1. The number of fused-ring (bicyclic) bond motifs is 3. The van der Waals surface area contributed by atoms with Crippen LogP contribution < -0.4 is 26.2 Å². The van der Waals surface area contributed by atoms with Gasteiger partial charge in [-0.1, -0.05) is 13.8 Å². The molecule has 4 N–H and O–H groups in total. The lowest BCUT2D eigenvalue weighted by Crippen LogP contribution is -2.39. The Morgan fingerprint density at radius 2 is 2.03 bits per heavy atom. The minimum atomic E-state index is -0.364. The number of aryl methyl sites for hydroxylation is 1. The molecule has 8 heteroatoms. The molecular formula is C26H34N6O2. The first-order chi connectivity index (χ1) is 16.4. The Labute approximate surface area is 200 Å². The van der Waals surface area contributed by atoms with Crippen molar-refractivity contribution in [2.75, 3.05) is 17.7 Å². The molecule has 1 aromatic carbocycles. The summed E-state index contributed by atoms with van der Waals surface area (Å²) < 4.78 is 5.45. The largest absolute Gasteiger partial charge is 0.497 e. The highest BCUT2D eigenvalue weighted by Crippen LogP contribution is 2.65.